The summed E-state index contributed by atoms with van der Waals surface area (Å²) in [6, 6.07) is 5.72. The van der Waals surface area contributed by atoms with E-state index in [1.54, 1.807) is 12.4 Å². The zero-order valence-electron chi connectivity index (χ0n) is 7.28. The molecule has 3 nitrogen and oxygen atoms in total. The lowest BCUT2D eigenvalue weighted by Gasteiger charge is -1.99. The van der Waals surface area contributed by atoms with Gasteiger partial charge < -0.3 is 4.74 Å². The third kappa shape index (κ3) is 5.99. The third-order valence-corrected chi connectivity index (χ3v) is 0.983. The molecule has 0 unspecified atom stereocenters. The molecule has 0 amide bonds. The first-order chi connectivity index (χ1) is 6.48. The van der Waals surface area contributed by atoms with Crippen molar-refractivity contribution in [2.24, 2.45) is 0 Å². The van der Waals surface area contributed by atoms with Crippen LogP contribution in [0.4, 0.5) is 13.2 Å². The number of pyridine rings is 1. The van der Waals surface area contributed by atoms with E-state index in [0.717, 1.165) is 0 Å². The van der Waals surface area contributed by atoms with Gasteiger partial charge in [-0.3, -0.25) is 4.98 Å². The number of alkyl halides is 3. The molecule has 0 atom stereocenters. The second-order valence-corrected chi connectivity index (χ2v) is 2.01. The van der Waals surface area contributed by atoms with E-state index in [9.17, 15) is 18.0 Å². The second kappa shape index (κ2) is 5.95. The first-order valence-electron chi connectivity index (χ1n) is 3.48. The fourth-order valence-corrected chi connectivity index (χ4v) is 0.428. The minimum atomic E-state index is -4.85. The lowest BCUT2D eigenvalue weighted by molar-refractivity contribution is -0.196. The standard InChI is InChI=1S/C5H5N.C3H3F3O2/c1-2-4-6-5-3-1;1-8-2(7)3(4,5)6/h1-5H;1H3. The molecule has 1 aromatic rings. The zero-order valence-corrected chi connectivity index (χ0v) is 7.28. The highest BCUT2D eigenvalue weighted by Gasteiger charge is 2.39. The van der Waals surface area contributed by atoms with Crippen molar-refractivity contribution in [3.8, 4) is 0 Å². The molecule has 1 aromatic heterocycles. The molecule has 0 spiro atoms. The van der Waals surface area contributed by atoms with Gasteiger partial charge in [-0.15, -0.1) is 0 Å². The van der Waals surface area contributed by atoms with Crippen LogP contribution in [0.2, 0.25) is 0 Å². The van der Waals surface area contributed by atoms with E-state index in [4.69, 9.17) is 0 Å². The predicted molar refractivity (Wildman–Crippen MR) is 42.3 cm³/mol. The van der Waals surface area contributed by atoms with E-state index in [0.29, 0.717) is 7.11 Å². The molecule has 6 heteroatoms. The zero-order chi connectivity index (χ0) is 11.0. The summed E-state index contributed by atoms with van der Waals surface area (Å²) >= 11 is 0. The fourth-order valence-electron chi connectivity index (χ4n) is 0.428. The van der Waals surface area contributed by atoms with Gasteiger partial charge in [-0.1, -0.05) is 6.07 Å². The van der Waals surface area contributed by atoms with Crippen LogP contribution in [0, 0.1) is 0 Å². The van der Waals surface area contributed by atoms with Crippen LogP contribution < -0.4 is 0 Å². The smallest absolute Gasteiger partial charge is 0.462 e. The van der Waals surface area contributed by atoms with Crippen LogP contribution in [0.25, 0.3) is 0 Å². The molecular formula is C8H8F3NO2. The van der Waals surface area contributed by atoms with Gasteiger partial charge >= 0.3 is 12.1 Å². The number of rotatable bonds is 0. The molecule has 0 saturated carbocycles. The highest BCUT2D eigenvalue weighted by Crippen LogP contribution is 2.15. The van der Waals surface area contributed by atoms with E-state index in [1.807, 2.05) is 18.2 Å². The van der Waals surface area contributed by atoms with Crippen LogP contribution >= 0.6 is 0 Å². The van der Waals surface area contributed by atoms with Crippen molar-refractivity contribution < 1.29 is 22.7 Å². The summed E-state index contributed by atoms with van der Waals surface area (Å²) < 4.78 is 36.3. The Kier molecular flexibility index (Phi) is 5.28. The summed E-state index contributed by atoms with van der Waals surface area (Å²) in [6.07, 6.45) is -1.35. The Morgan fingerprint density at radius 3 is 1.79 bits per heavy atom. The molecule has 1 heterocycles. The Morgan fingerprint density at radius 1 is 1.21 bits per heavy atom. The van der Waals surface area contributed by atoms with Gasteiger partial charge in [0.05, 0.1) is 7.11 Å². The summed E-state index contributed by atoms with van der Waals surface area (Å²) in [5.74, 6) is -2.17. The molecule has 0 aliphatic heterocycles. The van der Waals surface area contributed by atoms with Crippen molar-refractivity contribution in [1.29, 1.82) is 0 Å². The number of carbonyl (C=O) groups is 1. The van der Waals surface area contributed by atoms with E-state index in [2.05, 4.69) is 9.72 Å². The minimum Gasteiger partial charge on any atom is -0.462 e. The summed E-state index contributed by atoms with van der Waals surface area (Å²) in [5.41, 5.74) is 0. The topological polar surface area (TPSA) is 39.2 Å². The van der Waals surface area contributed by atoms with Crippen LogP contribution in [0.5, 0.6) is 0 Å². The number of carbonyl (C=O) groups excluding carboxylic acids is 1. The second-order valence-electron chi connectivity index (χ2n) is 2.01. The van der Waals surface area contributed by atoms with Gasteiger partial charge in [0.1, 0.15) is 0 Å². The maximum absolute atomic E-state index is 11.0. The number of ether oxygens (including phenoxy) is 1. The van der Waals surface area contributed by atoms with Crippen LogP contribution in [0.3, 0.4) is 0 Å². The Balaban J connectivity index is 0.000000249. The van der Waals surface area contributed by atoms with Crippen LogP contribution in [0.1, 0.15) is 0 Å². The van der Waals surface area contributed by atoms with E-state index in [1.165, 1.54) is 0 Å². The highest BCUT2D eigenvalue weighted by atomic mass is 19.4. The highest BCUT2D eigenvalue weighted by molar-refractivity contribution is 5.75. The van der Waals surface area contributed by atoms with E-state index in [-0.39, 0.29) is 0 Å². The normalized spacial score (nSPS) is 9.71. The molecule has 0 aromatic carbocycles. The van der Waals surface area contributed by atoms with Crippen molar-refractivity contribution in [3.63, 3.8) is 0 Å². The molecule has 0 aliphatic rings. The summed E-state index contributed by atoms with van der Waals surface area (Å²) in [6.45, 7) is 0. The lowest BCUT2D eigenvalue weighted by Crippen LogP contribution is -2.23. The Bertz CT molecular complexity index is 234. The average molecular weight is 207 g/mol. The van der Waals surface area contributed by atoms with Crippen molar-refractivity contribution in [2.45, 2.75) is 6.18 Å². The van der Waals surface area contributed by atoms with Crippen LogP contribution in [-0.4, -0.2) is 24.2 Å². The van der Waals surface area contributed by atoms with Gasteiger partial charge in [0.15, 0.2) is 0 Å². The van der Waals surface area contributed by atoms with Crippen molar-refractivity contribution >= 4 is 5.97 Å². The molecule has 0 fully saturated rings. The lowest BCUT2D eigenvalue weighted by atomic mass is 10.5. The van der Waals surface area contributed by atoms with Gasteiger partial charge in [-0.2, -0.15) is 13.2 Å². The van der Waals surface area contributed by atoms with E-state index < -0.39 is 12.1 Å². The Hall–Kier alpha value is -1.59. The minimum absolute atomic E-state index is 0.676. The number of nitrogens with zero attached hydrogens (tertiary/aromatic N) is 1. The van der Waals surface area contributed by atoms with Gasteiger partial charge in [0.25, 0.3) is 0 Å². The Labute approximate surface area is 78.5 Å². The molecule has 78 valence electrons. The maximum Gasteiger partial charge on any atom is 0.490 e. The van der Waals surface area contributed by atoms with Gasteiger partial charge in [-0.05, 0) is 12.1 Å². The first kappa shape index (κ1) is 12.4. The van der Waals surface area contributed by atoms with Crippen LogP contribution in [-0.2, 0) is 9.53 Å². The molecule has 0 radical (unpaired) electrons. The number of halogens is 3. The largest absolute Gasteiger partial charge is 0.490 e. The van der Waals surface area contributed by atoms with E-state index >= 15 is 0 Å². The van der Waals surface area contributed by atoms with Crippen molar-refractivity contribution in [3.05, 3.63) is 30.6 Å². The van der Waals surface area contributed by atoms with Crippen LogP contribution in [0.15, 0.2) is 30.6 Å². The fraction of sp³-hybridized carbons (Fsp3) is 0.250. The third-order valence-electron chi connectivity index (χ3n) is 0.983. The van der Waals surface area contributed by atoms with Crippen molar-refractivity contribution in [1.82, 2.24) is 4.98 Å². The summed E-state index contributed by atoms with van der Waals surface area (Å²) in [7, 11) is 0.676. The van der Waals surface area contributed by atoms with Gasteiger partial charge in [0, 0.05) is 12.4 Å². The molecule has 14 heavy (non-hydrogen) atoms. The number of methoxy groups -OCH3 is 1. The number of hydrogen-bond acceptors (Lipinski definition) is 3. The molecular weight excluding hydrogens is 199 g/mol. The first-order valence-corrected chi connectivity index (χ1v) is 3.48. The quantitative estimate of drug-likeness (QED) is 0.609. The summed E-state index contributed by atoms with van der Waals surface area (Å²) in [4.78, 5) is 13.3. The maximum atomic E-state index is 11.0. The molecule has 1 rings (SSSR count). The number of esters is 1. The molecule has 0 saturated heterocycles. The average Bonchev–Trinajstić information content (AvgIpc) is 2.19. The predicted octanol–water partition coefficient (Wildman–Crippen LogP) is 1.80. The SMILES string of the molecule is COC(=O)C(F)(F)F.c1ccncc1. The summed E-state index contributed by atoms with van der Waals surface area (Å²) in [5, 5.41) is 0. The Morgan fingerprint density at radius 2 is 1.71 bits per heavy atom. The number of hydrogen-bond donors (Lipinski definition) is 0. The van der Waals surface area contributed by atoms with Crippen molar-refractivity contribution in [2.75, 3.05) is 7.11 Å². The monoisotopic (exact) mass is 207 g/mol. The molecule has 0 aliphatic carbocycles. The number of aromatic nitrogens is 1. The van der Waals surface area contributed by atoms with Gasteiger partial charge in [0.2, 0.25) is 0 Å². The molecule has 0 N–H and O–H groups in total. The molecule has 0 bridgehead atoms. The van der Waals surface area contributed by atoms with Gasteiger partial charge in [-0.25, -0.2) is 4.79 Å².